The van der Waals surface area contributed by atoms with E-state index in [1.807, 2.05) is 48.5 Å². The molecule has 0 aliphatic rings. The lowest BCUT2D eigenvalue weighted by Gasteiger charge is -2.17. The van der Waals surface area contributed by atoms with Crippen LogP contribution in [0.3, 0.4) is 0 Å². The van der Waals surface area contributed by atoms with E-state index in [1.165, 1.54) is 0 Å². The molecule has 0 aliphatic carbocycles. The van der Waals surface area contributed by atoms with Gasteiger partial charge >= 0.3 is 0 Å². The van der Waals surface area contributed by atoms with Crippen LogP contribution in [0.4, 0.5) is 0 Å². The first-order valence-electron chi connectivity index (χ1n) is 7.68. The second-order valence-electron chi connectivity index (χ2n) is 5.17. The molecule has 0 saturated heterocycles. The zero-order valence-corrected chi connectivity index (χ0v) is 13.5. The normalized spacial score (nSPS) is 10.7. The quantitative estimate of drug-likeness (QED) is 0.726. The summed E-state index contributed by atoms with van der Waals surface area (Å²) < 4.78 is 5.44. The predicted octanol–water partition coefficient (Wildman–Crippen LogP) is 3.89. The Hall–Kier alpha value is -2.13. The Morgan fingerprint density at radius 3 is 2.32 bits per heavy atom. The highest BCUT2D eigenvalue weighted by Crippen LogP contribution is 2.30. The number of hydrogen-bond acceptors (Lipinski definition) is 3. The summed E-state index contributed by atoms with van der Waals surface area (Å²) in [5.41, 5.74) is 2.73. The van der Waals surface area contributed by atoms with E-state index in [9.17, 15) is 4.79 Å². The Morgan fingerprint density at radius 2 is 1.73 bits per heavy atom. The highest BCUT2D eigenvalue weighted by Gasteiger charge is 2.13. The number of methoxy groups -OCH3 is 1. The van der Waals surface area contributed by atoms with Crippen molar-refractivity contribution in [2.75, 3.05) is 26.7 Å². The first kappa shape index (κ1) is 16.2. The fourth-order valence-corrected chi connectivity index (χ4v) is 2.47. The van der Waals surface area contributed by atoms with Crippen molar-refractivity contribution >= 4 is 5.78 Å². The Morgan fingerprint density at radius 1 is 1.05 bits per heavy atom. The van der Waals surface area contributed by atoms with Gasteiger partial charge in [-0.05, 0) is 36.9 Å². The van der Waals surface area contributed by atoms with E-state index in [1.54, 1.807) is 7.11 Å². The molecule has 0 amide bonds. The van der Waals surface area contributed by atoms with Crippen LogP contribution in [-0.4, -0.2) is 37.4 Å². The van der Waals surface area contributed by atoms with Crippen molar-refractivity contribution in [1.29, 1.82) is 0 Å². The molecule has 0 aliphatic heterocycles. The number of ketones is 1. The maximum absolute atomic E-state index is 12.5. The summed E-state index contributed by atoms with van der Waals surface area (Å²) in [4.78, 5) is 14.6. The average Bonchev–Trinajstić information content (AvgIpc) is 2.59. The molecule has 2 rings (SSSR count). The first-order chi connectivity index (χ1) is 10.7. The average molecular weight is 297 g/mol. The standard InChI is InChI=1S/C19H23NO2/c1-4-20(5-2)14-18(21)16-11-12-19(22-3)17(13-16)15-9-7-6-8-10-15/h6-13H,4-5,14H2,1-3H3. The van der Waals surface area contributed by atoms with E-state index in [-0.39, 0.29) is 5.78 Å². The molecule has 0 aromatic heterocycles. The SMILES string of the molecule is CCN(CC)CC(=O)c1ccc(OC)c(-c2ccccc2)c1. The Labute approximate surface area is 132 Å². The van der Waals surface area contributed by atoms with E-state index >= 15 is 0 Å². The Kier molecular flexibility index (Phi) is 5.73. The number of likely N-dealkylation sites (N-methyl/N-ethyl adjacent to an activating group) is 1. The number of nitrogens with zero attached hydrogens (tertiary/aromatic N) is 1. The molecule has 0 saturated carbocycles. The maximum atomic E-state index is 12.5. The van der Waals surface area contributed by atoms with Crippen LogP contribution in [0.1, 0.15) is 24.2 Å². The van der Waals surface area contributed by atoms with Gasteiger partial charge in [-0.2, -0.15) is 0 Å². The van der Waals surface area contributed by atoms with E-state index in [4.69, 9.17) is 4.74 Å². The van der Waals surface area contributed by atoms with E-state index in [2.05, 4.69) is 18.7 Å². The fraction of sp³-hybridized carbons (Fsp3) is 0.316. The molecule has 0 N–H and O–H groups in total. The zero-order valence-electron chi connectivity index (χ0n) is 13.5. The molecule has 0 radical (unpaired) electrons. The van der Waals surface area contributed by atoms with Crippen LogP contribution in [0.25, 0.3) is 11.1 Å². The number of hydrogen-bond donors (Lipinski definition) is 0. The number of rotatable bonds is 7. The summed E-state index contributed by atoms with van der Waals surface area (Å²) in [6, 6.07) is 15.6. The van der Waals surface area contributed by atoms with E-state index < -0.39 is 0 Å². The van der Waals surface area contributed by atoms with Crippen LogP contribution < -0.4 is 4.74 Å². The lowest BCUT2D eigenvalue weighted by atomic mass is 10.00. The highest BCUT2D eigenvalue weighted by atomic mass is 16.5. The molecule has 0 unspecified atom stereocenters. The number of carbonyl (C=O) groups is 1. The van der Waals surface area contributed by atoms with Gasteiger partial charge in [-0.25, -0.2) is 0 Å². The number of Topliss-reactive ketones (excluding diaryl/α,β-unsaturated/α-hetero) is 1. The van der Waals surface area contributed by atoms with Crippen molar-refractivity contribution in [2.45, 2.75) is 13.8 Å². The van der Waals surface area contributed by atoms with Crippen molar-refractivity contribution in [2.24, 2.45) is 0 Å². The first-order valence-corrected chi connectivity index (χ1v) is 7.68. The van der Waals surface area contributed by atoms with E-state index in [0.29, 0.717) is 6.54 Å². The van der Waals surface area contributed by atoms with Gasteiger partial charge in [0.25, 0.3) is 0 Å². The van der Waals surface area contributed by atoms with Gasteiger partial charge in [0.15, 0.2) is 5.78 Å². The van der Waals surface area contributed by atoms with Crippen LogP contribution in [0.15, 0.2) is 48.5 Å². The molecule has 3 heteroatoms. The fourth-order valence-electron chi connectivity index (χ4n) is 2.47. The largest absolute Gasteiger partial charge is 0.496 e. The summed E-state index contributed by atoms with van der Waals surface area (Å²) in [6.07, 6.45) is 0. The van der Waals surface area contributed by atoms with Gasteiger partial charge < -0.3 is 4.74 Å². The summed E-state index contributed by atoms with van der Waals surface area (Å²) in [5.74, 6) is 0.925. The van der Waals surface area contributed by atoms with Gasteiger partial charge in [0.2, 0.25) is 0 Å². The maximum Gasteiger partial charge on any atom is 0.176 e. The van der Waals surface area contributed by atoms with Gasteiger partial charge in [-0.15, -0.1) is 0 Å². The third-order valence-corrected chi connectivity index (χ3v) is 3.87. The van der Waals surface area contributed by atoms with Gasteiger partial charge in [0.05, 0.1) is 13.7 Å². The monoisotopic (exact) mass is 297 g/mol. The van der Waals surface area contributed by atoms with Crippen molar-refractivity contribution in [3.05, 3.63) is 54.1 Å². The molecule has 2 aromatic carbocycles. The van der Waals surface area contributed by atoms with Crippen LogP contribution in [-0.2, 0) is 0 Å². The van der Waals surface area contributed by atoms with Gasteiger partial charge in [-0.3, -0.25) is 9.69 Å². The van der Waals surface area contributed by atoms with Crippen molar-refractivity contribution in [3.8, 4) is 16.9 Å². The van der Waals surface area contributed by atoms with Gasteiger partial charge in [0.1, 0.15) is 5.75 Å². The van der Waals surface area contributed by atoms with Crippen LogP contribution in [0.5, 0.6) is 5.75 Å². The minimum absolute atomic E-state index is 0.142. The second-order valence-corrected chi connectivity index (χ2v) is 5.17. The van der Waals surface area contributed by atoms with Gasteiger partial charge in [0, 0.05) is 11.1 Å². The summed E-state index contributed by atoms with van der Waals surface area (Å²) in [5, 5.41) is 0. The summed E-state index contributed by atoms with van der Waals surface area (Å²) in [7, 11) is 1.65. The highest BCUT2D eigenvalue weighted by molar-refractivity contribution is 5.99. The second kappa shape index (κ2) is 7.76. The molecular weight excluding hydrogens is 274 g/mol. The lowest BCUT2D eigenvalue weighted by Crippen LogP contribution is -2.29. The molecule has 0 atom stereocenters. The van der Waals surface area contributed by atoms with Crippen LogP contribution >= 0.6 is 0 Å². The molecule has 0 bridgehead atoms. The zero-order chi connectivity index (χ0) is 15.9. The van der Waals surface area contributed by atoms with Gasteiger partial charge in [-0.1, -0.05) is 44.2 Å². The molecule has 116 valence electrons. The summed E-state index contributed by atoms with van der Waals surface area (Å²) in [6.45, 7) is 6.35. The predicted molar refractivity (Wildman–Crippen MR) is 90.5 cm³/mol. The third-order valence-electron chi connectivity index (χ3n) is 3.87. The number of benzene rings is 2. The number of carbonyl (C=O) groups excluding carboxylic acids is 1. The molecule has 22 heavy (non-hydrogen) atoms. The lowest BCUT2D eigenvalue weighted by molar-refractivity contribution is 0.0937. The minimum atomic E-state index is 0.142. The smallest absolute Gasteiger partial charge is 0.176 e. The van der Waals surface area contributed by atoms with Crippen LogP contribution in [0, 0.1) is 0 Å². The summed E-state index contributed by atoms with van der Waals surface area (Å²) >= 11 is 0. The molecule has 0 spiro atoms. The van der Waals surface area contributed by atoms with Crippen molar-refractivity contribution in [3.63, 3.8) is 0 Å². The van der Waals surface area contributed by atoms with Crippen molar-refractivity contribution < 1.29 is 9.53 Å². The number of ether oxygens (including phenoxy) is 1. The topological polar surface area (TPSA) is 29.5 Å². The Bertz CT molecular complexity index is 619. The molecule has 2 aromatic rings. The van der Waals surface area contributed by atoms with E-state index in [0.717, 1.165) is 35.5 Å². The Balaban J connectivity index is 2.33. The van der Waals surface area contributed by atoms with Crippen LogP contribution in [0.2, 0.25) is 0 Å². The molecule has 0 heterocycles. The van der Waals surface area contributed by atoms with Crippen molar-refractivity contribution in [1.82, 2.24) is 4.90 Å². The third kappa shape index (κ3) is 3.74. The molecule has 3 nitrogen and oxygen atoms in total. The minimum Gasteiger partial charge on any atom is -0.496 e. The molecular formula is C19H23NO2. The molecule has 0 fully saturated rings.